The average molecular weight is 319 g/mol. The minimum absolute atomic E-state index is 0.0262. The number of aryl methyl sites for hydroxylation is 2. The van der Waals surface area contributed by atoms with Crippen molar-refractivity contribution in [3.8, 4) is 5.88 Å². The Hall–Kier alpha value is -1.95. The number of hydrogen-bond donors (Lipinski definition) is 0. The second-order valence-corrected chi connectivity index (χ2v) is 6.50. The molecule has 0 saturated carbocycles. The lowest BCUT2D eigenvalue weighted by molar-refractivity contribution is -0.132. The number of likely N-dealkylation sites (N-methyl/N-ethyl adjacent to an activating group) is 1. The molecule has 0 spiro atoms. The van der Waals surface area contributed by atoms with Crippen molar-refractivity contribution >= 4 is 27.5 Å². The van der Waals surface area contributed by atoms with E-state index >= 15 is 0 Å². The van der Waals surface area contributed by atoms with Gasteiger partial charge in [0.15, 0.2) is 6.61 Å². The lowest BCUT2D eigenvalue weighted by Crippen LogP contribution is -2.35. The van der Waals surface area contributed by atoms with Gasteiger partial charge in [-0.05, 0) is 33.3 Å². The van der Waals surface area contributed by atoms with E-state index in [4.69, 9.17) is 4.74 Å². The van der Waals surface area contributed by atoms with Gasteiger partial charge in [-0.1, -0.05) is 12.2 Å². The molecule has 0 atom stereocenters. The smallest absolute Gasteiger partial charge is 0.260 e. The minimum Gasteiger partial charge on any atom is -0.467 e. The molecule has 0 unspecified atom stereocenters. The van der Waals surface area contributed by atoms with E-state index in [1.165, 1.54) is 11.2 Å². The van der Waals surface area contributed by atoms with Gasteiger partial charge in [0.2, 0.25) is 5.88 Å². The Labute approximate surface area is 134 Å². The second-order valence-electron chi connectivity index (χ2n) is 5.30. The van der Waals surface area contributed by atoms with E-state index in [2.05, 4.69) is 16.5 Å². The third-order valence-electron chi connectivity index (χ3n) is 3.46. The molecule has 2 aromatic rings. The lowest BCUT2D eigenvalue weighted by atomic mass is 10.2. The third-order valence-corrected chi connectivity index (χ3v) is 4.57. The van der Waals surface area contributed by atoms with Gasteiger partial charge in [-0.3, -0.25) is 4.79 Å². The molecule has 0 aliphatic carbocycles. The lowest BCUT2D eigenvalue weighted by Gasteiger charge is -2.20. The van der Waals surface area contributed by atoms with Gasteiger partial charge in [0.25, 0.3) is 5.91 Å². The Bertz CT molecular complexity index is 709. The Morgan fingerprint density at radius 1 is 1.41 bits per heavy atom. The number of carbonyl (C=O) groups excluding carboxylic acids is 1. The van der Waals surface area contributed by atoms with Crippen LogP contribution in [0.25, 0.3) is 10.2 Å². The van der Waals surface area contributed by atoms with Crippen LogP contribution < -0.4 is 4.74 Å². The van der Waals surface area contributed by atoms with Crippen LogP contribution in [0.4, 0.5) is 0 Å². The molecular formula is C16H21N3O2S. The fraction of sp³-hybridized carbons (Fsp3) is 0.438. The van der Waals surface area contributed by atoms with Crippen molar-refractivity contribution in [1.82, 2.24) is 14.9 Å². The van der Waals surface area contributed by atoms with Gasteiger partial charge in [0.1, 0.15) is 11.2 Å². The fourth-order valence-corrected chi connectivity index (χ4v) is 3.17. The normalized spacial score (nSPS) is 10.7. The number of rotatable bonds is 6. The predicted molar refractivity (Wildman–Crippen MR) is 89.5 cm³/mol. The summed E-state index contributed by atoms with van der Waals surface area (Å²) >= 11 is 1.61. The first-order valence-corrected chi connectivity index (χ1v) is 8.01. The molecule has 22 heavy (non-hydrogen) atoms. The number of hydrogen-bond acceptors (Lipinski definition) is 5. The third kappa shape index (κ3) is 3.44. The van der Waals surface area contributed by atoms with Crippen molar-refractivity contribution in [3.05, 3.63) is 28.9 Å². The van der Waals surface area contributed by atoms with Gasteiger partial charge in [-0.15, -0.1) is 11.3 Å². The molecule has 0 radical (unpaired) electrons. The van der Waals surface area contributed by atoms with Crippen LogP contribution >= 0.6 is 11.3 Å². The van der Waals surface area contributed by atoms with E-state index < -0.39 is 0 Å². The standard InChI is InChI=1S/C16H21N3O2S/c1-6-19(7-10(2)3)13(20)8-21-15-14-11(4)12(5)22-16(14)18-9-17-15/h9H,2,6-8H2,1,3-5H3. The van der Waals surface area contributed by atoms with Crippen LogP contribution in [0.3, 0.4) is 0 Å². The van der Waals surface area contributed by atoms with E-state index in [9.17, 15) is 4.79 Å². The summed E-state index contributed by atoms with van der Waals surface area (Å²) in [6.45, 7) is 12.9. The van der Waals surface area contributed by atoms with Crippen LogP contribution in [-0.2, 0) is 4.79 Å². The summed E-state index contributed by atoms with van der Waals surface area (Å²) in [6.07, 6.45) is 1.48. The molecule has 0 aliphatic rings. The zero-order valence-electron chi connectivity index (χ0n) is 13.5. The fourth-order valence-electron chi connectivity index (χ4n) is 2.18. The van der Waals surface area contributed by atoms with E-state index in [1.807, 2.05) is 27.7 Å². The molecule has 2 aromatic heterocycles. The van der Waals surface area contributed by atoms with Crippen molar-refractivity contribution in [2.24, 2.45) is 0 Å². The Morgan fingerprint density at radius 2 is 2.14 bits per heavy atom. The van der Waals surface area contributed by atoms with Crippen molar-refractivity contribution < 1.29 is 9.53 Å². The maximum absolute atomic E-state index is 12.2. The van der Waals surface area contributed by atoms with Crippen molar-refractivity contribution in [3.63, 3.8) is 0 Å². The van der Waals surface area contributed by atoms with Gasteiger partial charge in [-0.2, -0.15) is 0 Å². The van der Waals surface area contributed by atoms with Crippen molar-refractivity contribution in [2.75, 3.05) is 19.7 Å². The Morgan fingerprint density at radius 3 is 2.77 bits per heavy atom. The molecule has 6 heteroatoms. The maximum Gasteiger partial charge on any atom is 0.260 e. The monoisotopic (exact) mass is 319 g/mol. The minimum atomic E-state index is -0.0677. The maximum atomic E-state index is 12.2. The number of ether oxygens (including phenoxy) is 1. The number of amides is 1. The van der Waals surface area contributed by atoms with Crippen LogP contribution in [0.5, 0.6) is 5.88 Å². The first-order chi connectivity index (χ1) is 10.4. The number of aromatic nitrogens is 2. The topological polar surface area (TPSA) is 55.3 Å². The largest absolute Gasteiger partial charge is 0.467 e. The van der Waals surface area contributed by atoms with E-state index in [-0.39, 0.29) is 12.5 Å². The summed E-state index contributed by atoms with van der Waals surface area (Å²) in [7, 11) is 0. The van der Waals surface area contributed by atoms with Gasteiger partial charge in [0, 0.05) is 18.0 Å². The predicted octanol–water partition coefficient (Wildman–Crippen LogP) is 3.11. The number of carbonyl (C=O) groups is 1. The molecule has 0 aliphatic heterocycles. The zero-order chi connectivity index (χ0) is 16.3. The zero-order valence-corrected chi connectivity index (χ0v) is 14.3. The van der Waals surface area contributed by atoms with Crippen LogP contribution in [0.1, 0.15) is 24.3 Å². The molecule has 0 bridgehead atoms. The van der Waals surface area contributed by atoms with Crippen molar-refractivity contribution in [2.45, 2.75) is 27.7 Å². The number of thiophene rings is 1. The summed E-state index contributed by atoms with van der Waals surface area (Å²) in [5, 5.41) is 0.903. The summed E-state index contributed by atoms with van der Waals surface area (Å²) in [5.74, 6) is 0.411. The highest BCUT2D eigenvalue weighted by atomic mass is 32.1. The SMILES string of the molecule is C=C(C)CN(CC)C(=O)COc1ncnc2sc(C)c(C)c12. The summed E-state index contributed by atoms with van der Waals surface area (Å²) in [4.78, 5) is 24.5. The molecule has 2 heterocycles. The average Bonchev–Trinajstić information content (AvgIpc) is 2.77. The molecule has 0 fully saturated rings. The highest BCUT2D eigenvalue weighted by Gasteiger charge is 2.16. The van der Waals surface area contributed by atoms with E-state index in [1.54, 1.807) is 16.2 Å². The van der Waals surface area contributed by atoms with Crippen molar-refractivity contribution in [1.29, 1.82) is 0 Å². The van der Waals surface area contributed by atoms with Gasteiger partial charge < -0.3 is 9.64 Å². The first kappa shape index (κ1) is 16.4. The highest BCUT2D eigenvalue weighted by molar-refractivity contribution is 7.18. The second kappa shape index (κ2) is 6.87. The van der Waals surface area contributed by atoms with Gasteiger partial charge >= 0.3 is 0 Å². The molecule has 0 aromatic carbocycles. The molecule has 0 saturated heterocycles. The quantitative estimate of drug-likeness (QED) is 0.768. The summed E-state index contributed by atoms with van der Waals surface area (Å²) in [5.41, 5.74) is 2.06. The van der Waals surface area contributed by atoms with Crippen LogP contribution in [0.15, 0.2) is 18.5 Å². The van der Waals surface area contributed by atoms with Crippen LogP contribution in [0, 0.1) is 13.8 Å². The van der Waals surface area contributed by atoms with Gasteiger partial charge in [-0.25, -0.2) is 9.97 Å². The van der Waals surface area contributed by atoms with Crippen LogP contribution in [0.2, 0.25) is 0 Å². The summed E-state index contributed by atoms with van der Waals surface area (Å²) in [6, 6.07) is 0. The highest BCUT2D eigenvalue weighted by Crippen LogP contribution is 2.33. The molecule has 0 N–H and O–H groups in total. The molecular weight excluding hydrogens is 298 g/mol. The number of fused-ring (bicyclic) bond motifs is 1. The van der Waals surface area contributed by atoms with Crippen LogP contribution in [-0.4, -0.2) is 40.5 Å². The van der Waals surface area contributed by atoms with E-state index in [0.717, 1.165) is 21.4 Å². The molecule has 1 amide bonds. The molecule has 118 valence electrons. The molecule has 2 rings (SSSR count). The Kier molecular flexibility index (Phi) is 5.13. The summed E-state index contributed by atoms with van der Waals surface area (Å²) < 4.78 is 5.67. The van der Waals surface area contributed by atoms with E-state index in [0.29, 0.717) is 19.0 Å². The molecule has 5 nitrogen and oxygen atoms in total. The van der Waals surface area contributed by atoms with Gasteiger partial charge in [0.05, 0.1) is 5.39 Å². The Balaban J connectivity index is 2.15. The first-order valence-electron chi connectivity index (χ1n) is 7.19. The number of nitrogens with zero attached hydrogens (tertiary/aromatic N) is 3.